The van der Waals surface area contributed by atoms with E-state index in [1.165, 1.54) is 17.7 Å². The summed E-state index contributed by atoms with van der Waals surface area (Å²) >= 11 is 0. The Morgan fingerprint density at radius 2 is 1.89 bits per heavy atom. The number of rotatable bonds is 5. The van der Waals surface area contributed by atoms with Gasteiger partial charge in [0.25, 0.3) is 0 Å². The Morgan fingerprint density at radius 3 is 2.56 bits per heavy atom. The molecule has 36 heavy (non-hydrogen) atoms. The highest BCUT2D eigenvalue weighted by Gasteiger charge is 2.50. The fourth-order valence-corrected chi connectivity index (χ4v) is 5.70. The van der Waals surface area contributed by atoms with E-state index in [1.54, 1.807) is 14.2 Å². The summed E-state index contributed by atoms with van der Waals surface area (Å²) in [6, 6.07) is 10.2. The SMILES string of the molecule is COc1ccc([C@]23CC[C@H](NC(=O)Nc4ccc(C#N)c(C(F)(F)F)c4)C[C@H]2N(C)CC3)cc1OC. The third-order valence-electron chi connectivity index (χ3n) is 7.52. The number of alkyl halides is 3. The van der Waals surface area contributed by atoms with Crippen LogP contribution in [0.1, 0.15) is 42.4 Å². The van der Waals surface area contributed by atoms with Crippen molar-refractivity contribution in [1.82, 2.24) is 10.2 Å². The Kier molecular flexibility index (Phi) is 7.05. The van der Waals surface area contributed by atoms with Gasteiger partial charge < -0.3 is 25.0 Å². The maximum Gasteiger partial charge on any atom is 0.417 e. The minimum Gasteiger partial charge on any atom is -0.493 e. The van der Waals surface area contributed by atoms with Gasteiger partial charge in [-0.15, -0.1) is 0 Å². The molecular weight excluding hydrogens is 473 g/mol. The molecule has 10 heteroatoms. The highest BCUT2D eigenvalue weighted by Crippen LogP contribution is 2.49. The van der Waals surface area contributed by atoms with Crippen molar-refractivity contribution in [2.45, 2.75) is 49.4 Å². The number of nitrogens with one attached hydrogen (secondary N) is 2. The number of fused-ring (bicyclic) bond motifs is 1. The molecule has 0 spiro atoms. The molecule has 0 radical (unpaired) electrons. The number of amides is 2. The van der Waals surface area contributed by atoms with Crippen LogP contribution in [0.4, 0.5) is 23.7 Å². The Hall–Kier alpha value is -3.45. The first-order chi connectivity index (χ1) is 17.1. The zero-order valence-corrected chi connectivity index (χ0v) is 20.4. The number of ether oxygens (including phenoxy) is 2. The number of methoxy groups -OCH3 is 2. The van der Waals surface area contributed by atoms with Crippen molar-refractivity contribution in [3.8, 4) is 17.6 Å². The number of benzene rings is 2. The second-order valence-corrected chi connectivity index (χ2v) is 9.41. The molecule has 1 saturated heterocycles. The molecular formula is C26H29F3N4O3. The summed E-state index contributed by atoms with van der Waals surface area (Å²) < 4.78 is 50.7. The van der Waals surface area contributed by atoms with Gasteiger partial charge in [-0.1, -0.05) is 6.07 Å². The fraction of sp³-hybridized carbons (Fsp3) is 0.462. The van der Waals surface area contributed by atoms with E-state index < -0.39 is 23.3 Å². The van der Waals surface area contributed by atoms with Crippen molar-refractivity contribution in [3.05, 3.63) is 53.1 Å². The fourth-order valence-electron chi connectivity index (χ4n) is 5.70. The smallest absolute Gasteiger partial charge is 0.417 e. The van der Waals surface area contributed by atoms with E-state index >= 15 is 0 Å². The zero-order chi connectivity index (χ0) is 26.1. The molecule has 7 nitrogen and oxygen atoms in total. The topological polar surface area (TPSA) is 86.6 Å². The second kappa shape index (κ2) is 9.90. The van der Waals surface area contributed by atoms with Gasteiger partial charge >= 0.3 is 12.2 Å². The number of nitrogens with zero attached hydrogens (tertiary/aromatic N) is 2. The number of carbonyl (C=O) groups is 1. The van der Waals surface area contributed by atoms with E-state index in [0.29, 0.717) is 17.9 Å². The van der Waals surface area contributed by atoms with Crippen LogP contribution in [-0.4, -0.2) is 50.8 Å². The Labute approximate surface area is 208 Å². The number of halogens is 3. The van der Waals surface area contributed by atoms with E-state index in [0.717, 1.165) is 37.9 Å². The molecule has 0 aromatic heterocycles. The number of urea groups is 1. The summed E-state index contributed by atoms with van der Waals surface area (Å²) in [4.78, 5) is 15.0. The summed E-state index contributed by atoms with van der Waals surface area (Å²) in [5, 5.41) is 14.4. The monoisotopic (exact) mass is 502 g/mol. The predicted molar refractivity (Wildman–Crippen MR) is 128 cm³/mol. The first-order valence-electron chi connectivity index (χ1n) is 11.7. The number of anilines is 1. The zero-order valence-electron chi connectivity index (χ0n) is 20.4. The van der Waals surface area contributed by atoms with Crippen LogP contribution in [0, 0.1) is 11.3 Å². The molecule has 2 aliphatic rings. The largest absolute Gasteiger partial charge is 0.493 e. The van der Waals surface area contributed by atoms with Gasteiger partial charge in [0.2, 0.25) is 0 Å². The minimum absolute atomic E-state index is 0.0210. The first-order valence-corrected chi connectivity index (χ1v) is 11.7. The van der Waals surface area contributed by atoms with Gasteiger partial charge in [-0.3, -0.25) is 0 Å². The minimum atomic E-state index is -4.69. The van der Waals surface area contributed by atoms with Gasteiger partial charge in [-0.25, -0.2) is 4.79 Å². The Bertz CT molecular complexity index is 1180. The number of hydrogen-bond acceptors (Lipinski definition) is 5. The van der Waals surface area contributed by atoms with Crippen LogP contribution in [0.3, 0.4) is 0 Å². The molecule has 1 aliphatic heterocycles. The van der Waals surface area contributed by atoms with Crippen LogP contribution in [0.15, 0.2) is 36.4 Å². The Morgan fingerprint density at radius 1 is 1.14 bits per heavy atom. The summed E-state index contributed by atoms with van der Waals surface area (Å²) in [6.07, 6.45) is -1.43. The number of carbonyl (C=O) groups excluding carboxylic acids is 1. The number of hydrogen-bond donors (Lipinski definition) is 2. The van der Waals surface area contributed by atoms with Crippen LogP contribution >= 0.6 is 0 Å². The van der Waals surface area contributed by atoms with Crippen molar-refractivity contribution < 1.29 is 27.4 Å². The lowest BCUT2D eigenvalue weighted by Crippen LogP contribution is -2.52. The number of nitriles is 1. The second-order valence-electron chi connectivity index (χ2n) is 9.41. The average Bonchev–Trinajstić information content (AvgIpc) is 3.19. The molecule has 1 heterocycles. The third kappa shape index (κ3) is 4.80. The molecule has 2 amide bonds. The molecule has 3 atom stereocenters. The van der Waals surface area contributed by atoms with Gasteiger partial charge in [0.05, 0.1) is 31.4 Å². The van der Waals surface area contributed by atoms with Crippen molar-refractivity contribution >= 4 is 11.7 Å². The van der Waals surface area contributed by atoms with Crippen LogP contribution in [-0.2, 0) is 11.6 Å². The van der Waals surface area contributed by atoms with Crippen LogP contribution < -0.4 is 20.1 Å². The molecule has 1 saturated carbocycles. The van der Waals surface area contributed by atoms with Crippen LogP contribution in [0.2, 0.25) is 0 Å². The molecule has 0 unspecified atom stereocenters. The van der Waals surface area contributed by atoms with Gasteiger partial charge in [0.15, 0.2) is 11.5 Å². The molecule has 192 valence electrons. The molecule has 2 fully saturated rings. The molecule has 0 bridgehead atoms. The summed E-state index contributed by atoms with van der Waals surface area (Å²) in [7, 11) is 5.29. The molecule has 1 aliphatic carbocycles. The van der Waals surface area contributed by atoms with E-state index in [9.17, 15) is 18.0 Å². The highest BCUT2D eigenvalue weighted by molar-refractivity contribution is 5.89. The highest BCUT2D eigenvalue weighted by atomic mass is 19.4. The summed E-state index contributed by atoms with van der Waals surface area (Å²) in [6.45, 7) is 0.920. The third-order valence-corrected chi connectivity index (χ3v) is 7.52. The first kappa shape index (κ1) is 25.6. The molecule has 2 N–H and O–H groups in total. The van der Waals surface area contributed by atoms with Crippen molar-refractivity contribution in [2.75, 3.05) is 33.1 Å². The maximum absolute atomic E-state index is 13.3. The van der Waals surface area contributed by atoms with E-state index in [1.807, 2.05) is 12.1 Å². The van der Waals surface area contributed by atoms with Crippen molar-refractivity contribution in [3.63, 3.8) is 0 Å². The standard InChI is InChI=1S/C26H29F3N4O3/c1-33-11-10-25(17-5-7-21(35-2)22(12-17)36-3)9-8-19(14-23(25)33)32-24(34)31-18-6-4-16(15-30)20(13-18)26(27,28)29/h4-7,12-13,19,23H,8-11,14H2,1-3H3,(H2,31,32,34)/t19-,23+,25+/m0/s1. The van der Waals surface area contributed by atoms with Gasteiger partial charge in [0.1, 0.15) is 0 Å². The lowest BCUT2D eigenvalue weighted by atomic mass is 9.65. The number of likely N-dealkylation sites (tertiary alicyclic amines) is 1. The van der Waals surface area contributed by atoms with E-state index in [-0.39, 0.29) is 23.2 Å². The van der Waals surface area contributed by atoms with E-state index in [4.69, 9.17) is 14.7 Å². The van der Waals surface area contributed by atoms with Gasteiger partial charge in [0, 0.05) is 23.2 Å². The van der Waals surface area contributed by atoms with E-state index in [2.05, 4.69) is 28.6 Å². The molecule has 2 aromatic rings. The summed E-state index contributed by atoms with van der Waals surface area (Å²) in [5.74, 6) is 1.35. The van der Waals surface area contributed by atoms with Crippen LogP contribution in [0.25, 0.3) is 0 Å². The quantitative estimate of drug-likeness (QED) is 0.607. The normalized spacial score (nSPS) is 23.9. The number of likely N-dealkylation sites (N-methyl/N-ethyl adjacent to an activating group) is 1. The Balaban J connectivity index is 1.47. The summed E-state index contributed by atoms with van der Waals surface area (Å²) in [5.41, 5.74) is -0.497. The lowest BCUT2D eigenvalue weighted by Gasteiger charge is -2.45. The molecule has 4 rings (SSSR count). The van der Waals surface area contributed by atoms with Crippen molar-refractivity contribution in [1.29, 1.82) is 5.26 Å². The predicted octanol–water partition coefficient (Wildman–Crippen LogP) is 4.91. The average molecular weight is 503 g/mol. The van der Waals surface area contributed by atoms with Crippen LogP contribution in [0.5, 0.6) is 11.5 Å². The lowest BCUT2D eigenvalue weighted by molar-refractivity contribution is -0.137. The van der Waals surface area contributed by atoms with Crippen molar-refractivity contribution in [2.24, 2.45) is 0 Å². The maximum atomic E-state index is 13.3. The molecule has 2 aromatic carbocycles. The van der Waals surface area contributed by atoms with Gasteiger partial charge in [-0.05, 0) is 75.2 Å². The van der Waals surface area contributed by atoms with Gasteiger partial charge in [-0.2, -0.15) is 18.4 Å².